The Balaban J connectivity index is 1.13. The zero-order valence-corrected chi connectivity index (χ0v) is 30.3. The molecule has 3 aliphatic heterocycles. The Morgan fingerprint density at radius 2 is 1.92 bits per heavy atom. The van der Waals surface area contributed by atoms with E-state index in [2.05, 4.69) is 15.4 Å². The Bertz CT molecular complexity index is 1870. The standard InChI is InChI=1S/C37H46FN5O8S/c1-22-15-26(50-23(22)2)18-39-31-12-7-5-3-4-6-10-25-17-37(25,35(46)41-52(48,49)28-13-14-28)40-33(44)32-16-27(20-43(32)34(31)45)51-36(47)42-19-24-9-8-11-30(38)29(24)21-42/h6,8-11,15,25,27-28,31-32,39H,3-5,7,12-14,16-21H2,1-2H3,(H,40,44)(H,41,46)/t25-,27-,31+,32+,37-/m1/s1. The van der Waals surface area contributed by atoms with E-state index in [0.717, 1.165) is 37.0 Å². The number of rotatable bonds is 7. The van der Waals surface area contributed by atoms with Crippen molar-refractivity contribution in [1.82, 2.24) is 25.2 Å². The van der Waals surface area contributed by atoms with Gasteiger partial charge in [-0.25, -0.2) is 17.6 Å². The molecule has 7 rings (SSSR count). The number of nitrogens with zero attached hydrogens (tertiary/aromatic N) is 2. The van der Waals surface area contributed by atoms with Gasteiger partial charge in [0, 0.05) is 24.4 Å². The number of carbonyl (C=O) groups excluding carboxylic acids is 4. The third-order valence-corrected chi connectivity index (χ3v) is 12.9. The van der Waals surface area contributed by atoms with Crippen LogP contribution in [0, 0.1) is 25.6 Å². The highest BCUT2D eigenvalue weighted by Gasteiger charge is 2.62. The summed E-state index contributed by atoms with van der Waals surface area (Å²) in [5.41, 5.74) is 0.590. The molecule has 15 heteroatoms. The molecule has 0 bridgehead atoms. The second-order valence-electron chi connectivity index (χ2n) is 14.9. The van der Waals surface area contributed by atoms with Crippen LogP contribution in [0.25, 0.3) is 0 Å². The molecule has 1 saturated heterocycles. The molecule has 1 aromatic heterocycles. The van der Waals surface area contributed by atoms with Crippen LogP contribution in [-0.2, 0) is 48.8 Å². The number of nitrogens with one attached hydrogen (secondary N) is 3. The SMILES string of the molecule is Cc1cc(CN[C@H]2CCCCCC=C[C@@H]3C[C@@]3(C(=O)NS(=O)(=O)C3CC3)NC(=O)[C@@H]3C[C@@H](OC(=O)N4Cc5cccc(F)c5C4)CN3C2=O)oc1C. The van der Waals surface area contributed by atoms with Crippen LogP contribution in [0.5, 0.6) is 0 Å². The summed E-state index contributed by atoms with van der Waals surface area (Å²) in [5, 5.41) is 5.56. The Morgan fingerprint density at radius 3 is 2.65 bits per heavy atom. The molecular formula is C37H46FN5O8S. The molecule has 0 spiro atoms. The molecule has 280 valence electrons. The van der Waals surface area contributed by atoms with Gasteiger partial charge in [0.1, 0.15) is 35.0 Å². The van der Waals surface area contributed by atoms with Crippen LogP contribution in [-0.4, -0.2) is 77.6 Å². The third kappa shape index (κ3) is 7.47. The summed E-state index contributed by atoms with van der Waals surface area (Å²) < 4.78 is 53.9. The van der Waals surface area contributed by atoms with E-state index >= 15 is 0 Å². The highest BCUT2D eigenvalue weighted by molar-refractivity contribution is 7.91. The van der Waals surface area contributed by atoms with Crippen LogP contribution in [0.3, 0.4) is 0 Å². The largest absolute Gasteiger partial charge is 0.465 e. The topological polar surface area (TPSA) is 167 Å². The maximum absolute atomic E-state index is 14.4. The number of allylic oxidation sites excluding steroid dienone is 1. The Morgan fingerprint density at radius 1 is 1.12 bits per heavy atom. The third-order valence-electron chi connectivity index (χ3n) is 11.0. The van der Waals surface area contributed by atoms with E-state index < -0.39 is 68.6 Å². The number of ether oxygens (including phenoxy) is 1. The molecule has 5 atom stereocenters. The number of furan rings is 1. The molecule has 4 heterocycles. The van der Waals surface area contributed by atoms with Crippen LogP contribution in [0.2, 0.25) is 0 Å². The maximum Gasteiger partial charge on any atom is 0.410 e. The molecule has 3 fully saturated rings. The summed E-state index contributed by atoms with van der Waals surface area (Å²) in [6, 6.07) is 4.78. The molecule has 3 N–H and O–H groups in total. The van der Waals surface area contributed by atoms with Crippen molar-refractivity contribution in [3.05, 3.63) is 70.4 Å². The molecule has 1 aromatic carbocycles. The predicted molar refractivity (Wildman–Crippen MR) is 186 cm³/mol. The highest BCUT2D eigenvalue weighted by Crippen LogP contribution is 2.46. The number of halogens is 1. The van der Waals surface area contributed by atoms with E-state index in [1.807, 2.05) is 32.1 Å². The molecule has 4 amide bonds. The average molecular weight is 740 g/mol. The molecular weight excluding hydrogens is 693 g/mol. The summed E-state index contributed by atoms with van der Waals surface area (Å²) in [6.45, 7) is 4.22. The number of hydrogen-bond acceptors (Lipinski definition) is 9. The highest BCUT2D eigenvalue weighted by atomic mass is 32.2. The minimum atomic E-state index is -3.89. The molecule has 13 nitrogen and oxygen atoms in total. The quantitative estimate of drug-likeness (QED) is 0.360. The molecule has 5 aliphatic rings. The fraction of sp³-hybridized carbons (Fsp3) is 0.568. The lowest BCUT2D eigenvalue weighted by Gasteiger charge is -2.30. The number of benzene rings is 1. The summed E-state index contributed by atoms with van der Waals surface area (Å²) in [5.74, 6) is -1.17. The van der Waals surface area contributed by atoms with E-state index in [0.29, 0.717) is 36.1 Å². The monoisotopic (exact) mass is 739 g/mol. The number of carbonyl (C=O) groups is 4. The smallest absolute Gasteiger partial charge is 0.410 e. The zero-order chi connectivity index (χ0) is 36.8. The summed E-state index contributed by atoms with van der Waals surface area (Å²) in [7, 11) is -3.89. The molecule has 2 aliphatic carbocycles. The van der Waals surface area contributed by atoms with Gasteiger partial charge in [0.05, 0.1) is 30.9 Å². The number of aryl methyl sites for hydroxylation is 2. The van der Waals surface area contributed by atoms with Gasteiger partial charge >= 0.3 is 6.09 Å². The number of amides is 4. The first-order valence-corrected chi connectivity index (χ1v) is 19.8. The summed E-state index contributed by atoms with van der Waals surface area (Å²) >= 11 is 0. The van der Waals surface area contributed by atoms with Gasteiger partial charge in [-0.3, -0.25) is 29.3 Å². The Hall–Kier alpha value is -4.24. The van der Waals surface area contributed by atoms with Crippen LogP contribution in [0.15, 0.2) is 40.8 Å². The van der Waals surface area contributed by atoms with Crippen molar-refractivity contribution in [3.63, 3.8) is 0 Å². The van der Waals surface area contributed by atoms with Gasteiger partial charge in [0.15, 0.2) is 0 Å². The molecule has 52 heavy (non-hydrogen) atoms. The number of sulfonamides is 1. The van der Waals surface area contributed by atoms with Crippen LogP contribution >= 0.6 is 0 Å². The van der Waals surface area contributed by atoms with Crippen LogP contribution < -0.4 is 15.4 Å². The van der Waals surface area contributed by atoms with Gasteiger partial charge in [-0.2, -0.15) is 0 Å². The first-order valence-electron chi connectivity index (χ1n) is 18.2. The van der Waals surface area contributed by atoms with Crippen LogP contribution in [0.4, 0.5) is 9.18 Å². The fourth-order valence-corrected chi connectivity index (χ4v) is 8.95. The second-order valence-corrected chi connectivity index (χ2v) is 16.8. The normalized spacial score (nSPS) is 27.9. The van der Waals surface area contributed by atoms with E-state index in [1.165, 1.54) is 15.9 Å². The van der Waals surface area contributed by atoms with Gasteiger partial charge in [-0.05, 0) is 75.6 Å². The Kier molecular flexibility index (Phi) is 9.93. The lowest BCUT2D eigenvalue weighted by atomic mass is 10.0. The number of fused-ring (bicyclic) bond motifs is 3. The van der Waals surface area contributed by atoms with Crippen molar-refractivity contribution >= 4 is 33.8 Å². The molecule has 2 aromatic rings. The maximum atomic E-state index is 14.4. The van der Waals surface area contributed by atoms with Crippen molar-refractivity contribution in [2.24, 2.45) is 5.92 Å². The molecule has 2 saturated carbocycles. The van der Waals surface area contributed by atoms with Crippen molar-refractivity contribution in [3.8, 4) is 0 Å². The van der Waals surface area contributed by atoms with Crippen molar-refractivity contribution in [2.45, 2.75) is 120 Å². The van der Waals surface area contributed by atoms with Crippen LogP contribution in [0.1, 0.15) is 86.0 Å². The van der Waals surface area contributed by atoms with Crippen molar-refractivity contribution in [1.29, 1.82) is 0 Å². The van der Waals surface area contributed by atoms with Crippen molar-refractivity contribution < 1.29 is 41.1 Å². The molecule has 0 unspecified atom stereocenters. The second kappa shape index (κ2) is 14.3. The first kappa shape index (κ1) is 36.1. The van der Waals surface area contributed by atoms with Gasteiger partial charge < -0.3 is 19.4 Å². The Labute approximate surface area is 302 Å². The summed E-state index contributed by atoms with van der Waals surface area (Å²) in [6.07, 6.45) is 7.00. The van der Waals surface area contributed by atoms with E-state index in [4.69, 9.17) is 9.15 Å². The minimum Gasteiger partial charge on any atom is -0.465 e. The summed E-state index contributed by atoms with van der Waals surface area (Å²) in [4.78, 5) is 58.5. The average Bonchev–Trinajstić information content (AvgIpc) is 3.94. The minimum absolute atomic E-state index is 0.0359. The van der Waals surface area contributed by atoms with Gasteiger partial charge in [0.25, 0.3) is 5.91 Å². The number of hydrogen-bond donors (Lipinski definition) is 3. The fourth-order valence-electron chi connectivity index (χ4n) is 7.59. The van der Waals surface area contributed by atoms with E-state index in [1.54, 1.807) is 12.1 Å². The predicted octanol–water partition coefficient (Wildman–Crippen LogP) is 3.62. The first-order chi connectivity index (χ1) is 24.8. The molecule has 0 radical (unpaired) electrons. The zero-order valence-electron chi connectivity index (χ0n) is 29.5. The van der Waals surface area contributed by atoms with Gasteiger partial charge in [-0.1, -0.05) is 37.1 Å². The van der Waals surface area contributed by atoms with E-state index in [-0.39, 0.29) is 44.9 Å². The lowest BCUT2D eigenvalue weighted by molar-refractivity contribution is -0.141. The van der Waals surface area contributed by atoms with Gasteiger partial charge in [-0.15, -0.1) is 0 Å². The lowest BCUT2D eigenvalue weighted by Crippen LogP contribution is -2.58. The van der Waals surface area contributed by atoms with Crippen molar-refractivity contribution in [2.75, 3.05) is 6.54 Å². The van der Waals surface area contributed by atoms with Gasteiger partial charge in [0.2, 0.25) is 21.8 Å². The van der Waals surface area contributed by atoms with E-state index in [9.17, 15) is 32.0 Å².